The highest BCUT2D eigenvalue weighted by Crippen LogP contribution is 2.42. The number of hydrogen-bond donors (Lipinski definition) is 5. The van der Waals surface area contributed by atoms with Crippen molar-refractivity contribution in [3.05, 3.63) is 169 Å². The Bertz CT molecular complexity index is 3250. The molecule has 15 nitrogen and oxygen atoms in total. The largest absolute Gasteiger partial charge is 0.505 e. The smallest absolute Gasteiger partial charge is 0.261 e. The Balaban J connectivity index is 0.972. The molecule has 5 N–H and O–H groups in total. The molecular weight excluding hydrogens is 835 g/mol. The van der Waals surface area contributed by atoms with Crippen LogP contribution in [0.15, 0.2) is 183 Å². The number of benzene rings is 8. The first-order chi connectivity index (χ1) is 31.0. The van der Waals surface area contributed by atoms with Crippen molar-refractivity contribution in [1.29, 1.82) is 0 Å². The van der Waals surface area contributed by atoms with E-state index in [1.807, 2.05) is 0 Å². The molecule has 0 saturated heterocycles. The number of ether oxygens (including phenoxy) is 2. The van der Waals surface area contributed by atoms with Gasteiger partial charge >= 0.3 is 0 Å². The van der Waals surface area contributed by atoms with Gasteiger partial charge in [-0.3, -0.25) is 14.3 Å². The van der Waals surface area contributed by atoms with Gasteiger partial charge in [-0.25, -0.2) is 8.42 Å². The van der Waals surface area contributed by atoms with Crippen LogP contribution in [0.1, 0.15) is 20.7 Å². The van der Waals surface area contributed by atoms with Gasteiger partial charge < -0.3 is 30.3 Å². The molecular formula is C48H37N7O8S. The van der Waals surface area contributed by atoms with Gasteiger partial charge in [0.15, 0.2) is 11.5 Å². The predicted octanol–water partition coefficient (Wildman–Crippen LogP) is 11.6. The number of sulfonamides is 1. The molecule has 0 radical (unpaired) electrons. The second-order valence-electron chi connectivity index (χ2n) is 14.0. The van der Waals surface area contributed by atoms with E-state index >= 15 is 0 Å². The van der Waals surface area contributed by atoms with Gasteiger partial charge in [0, 0.05) is 16.5 Å². The van der Waals surface area contributed by atoms with Crippen LogP contribution >= 0.6 is 0 Å². The molecule has 0 aliphatic rings. The summed E-state index contributed by atoms with van der Waals surface area (Å²) in [6.07, 6.45) is 0. The van der Waals surface area contributed by atoms with Crippen molar-refractivity contribution in [3.63, 3.8) is 0 Å². The summed E-state index contributed by atoms with van der Waals surface area (Å²) in [6, 6.07) is 42.8. The first kappa shape index (κ1) is 42.1. The van der Waals surface area contributed by atoms with E-state index in [4.69, 9.17) is 9.47 Å². The van der Waals surface area contributed by atoms with Gasteiger partial charge in [0.05, 0.1) is 53.0 Å². The standard InChI is InChI=1S/C48H37N7O8S/c1-62-41-17-9-7-15-39(41)49-47(58)37-27-29-11-3-5-13-35(29)43(45(37)56)53-51-31-19-21-33(22-20-31)55-64(60,61)34-25-23-32(24-26-34)52-54-44-36-14-6-4-12-30(36)28-38(46(44)57)48(59)50-40-16-8-10-18-42(40)63-2/h3-28,55-57H,1-2H3,(H,49,58)(H,50,59). The number of hydrogen-bond acceptors (Lipinski definition) is 12. The SMILES string of the molecule is COc1ccccc1NC(=O)c1cc2ccccc2c(N=Nc2ccc(NS(=O)(=O)c3ccc(N=Nc4c(O)c(C(=O)Nc5ccccc5OC)cc5ccccc45)cc3)cc2)c1O. The zero-order valence-electron chi connectivity index (χ0n) is 34.1. The molecule has 16 heteroatoms. The Morgan fingerprint density at radius 3 is 1.38 bits per heavy atom. The van der Waals surface area contributed by atoms with Crippen molar-refractivity contribution < 1.29 is 37.7 Å². The molecule has 0 aromatic heterocycles. The van der Waals surface area contributed by atoms with Crippen molar-refractivity contribution in [2.45, 2.75) is 4.90 Å². The molecule has 0 bridgehead atoms. The number of phenolic OH excluding ortho intramolecular Hbond substituents is 2. The number of methoxy groups -OCH3 is 2. The molecule has 0 unspecified atom stereocenters. The van der Waals surface area contributed by atoms with Gasteiger partial charge in [0.25, 0.3) is 21.8 Å². The molecule has 64 heavy (non-hydrogen) atoms. The lowest BCUT2D eigenvalue weighted by Gasteiger charge is -2.13. The lowest BCUT2D eigenvalue weighted by Crippen LogP contribution is -2.13. The summed E-state index contributed by atoms with van der Waals surface area (Å²) in [5.41, 5.74) is 1.76. The highest BCUT2D eigenvalue weighted by Gasteiger charge is 2.22. The highest BCUT2D eigenvalue weighted by atomic mass is 32.2. The number of carbonyl (C=O) groups is 2. The Hall–Kier alpha value is -8.63. The van der Waals surface area contributed by atoms with Crippen molar-refractivity contribution >= 4 is 83.2 Å². The lowest BCUT2D eigenvalue weighted by molar-refractivity contribution is 0.101. The maximum Gasteiger partial charge on any atom is 0.261 e. The van der Waals surface area contributed by atoms with Crippen LogP contribution in [0.25, 0.3) is 21.5 Å². The summed E-state index contributed by atoms with van der Waals surface area (Å²) in [4.78, 5) is 26.7. The van der Waals surface area contributed by atoms with Crippen molar-refractivity contribution in [1.82, 2.24) is 0 Å². The molecule has 8 rings (SSSR count). The van der Waals surface area contributed by atoms with E-state index in [2.05, 4.69) is 35.8 Å². The van der Waals surface area contributed by atoms with Gasteiger partial charge in [-0.15, -0.1) is 10.2 Å². The number of carbonyl (C=O) groups excluding carboxylic acids is 2. The van der Waals surface area contributed by atoms with E-state index in [1.54, 1.807) is 121 Å². The van der Waals surface area contributed by atoms with E-state index in [1.165, 1.54) is 50.6 Å². The van der Waals surface area contributed by atoms with E-state index in [0.29, 0.717) is 50.1 Å². The zero-order chi connectivity index (χ0) is 44.8. The summed E-state index contributed by atoms with van der Waals surface area (Å²) in [7, 11) is -1.09. The van der Waals surface area contributed by atoms with Crippen LogP contribution in [-0.2, 0) is 10.0 Å². The van der Waals surface area contributed by atoms with Gasteiger partial charge in [-0.05, 0) is 95.7 Å². The average molecular weight is 872 g/mol. The van der Waals surface area contributed by atoms with Crippen LogP contribution in [0.4, 0.5) is 39.8 Å². The second kappa shape index (κ2) is 18.2. The third-order valence-electron chi connectivity index (χ3n) is 9.99. The van der Waals surface area contributed by atoms with Crippen LogP contribution in [0.5, 0.6) is 23.0 Å². The van der Waals surface area contributed by atoms with Crippen molar-refractivity contribution in [2.24, 2.45) is 20.5 Å². The fourth-order valence-corrected chi connectivity index (χ4v) is 7.84. The maximum absolute atomic E-state index is 13.4. The highest BCUT2D eigenvalue weighted by molar-refractivity contribution is 7.92. The molecule has 0 atom stereocenters. The first-order valence-corrected chi connectivity index (χ1v) is 21.0. The van der Waals surface area contributed by atoms with Gasteiger partial charge in [0.2, 0.25) is 0 Å². The fraction of sp³-hybridized carbons (Fsp3) is 0.0417. The van der Waals surface area contributed by atoms with E-state index < -0.39 is 27.6 Å². The number of fused-ring (bicyclic) bond motifs is 2. The van der Waals surface area contributed by atoms with Crippen LogP contribution in [0.2, 0.25) is 0 Å². The molecule has 0 fully saturated rings. The zero-order valence-corrected chi connectivity index (χ0v) is 34.9. The molecule has 8 aromatic rings. The van der Waals surface area contributed by atoms with Crippen LogP contribution in [-0.4, -0.2) is 44.7 Å². The van der Waals surface area contributed by atoms with Gasteiger partial charge in [-0.1, -0.05) is 72.8 Å². The fourth-order valence-electron chi connectivity index (χ4n) is 6.78. The predicted molar refractivity (Wildman–Crippen MR) is 245 cm³/mol. The topological polar surface area (TPSA) is 213 Å². The third-order valence-corrected chi connectivity index (χ3v) is 11.4. The van der Waals surface area contributed by atoms with Crippen molar-refractivity contribution in [3.8, 4) is 23.0 Å². The molecule has 8 aromatic carbocycles. The Labute approximate surface area is 366 Å². The minimum atomic E-state index is -4.07. The molecule has 0 aliphatic carbocycles. The summed E-state index contributed by atoms with van der Waals surface area (Å²) >= 11 is 0. The van der Waals surface area contributed by atoms with Crippen LogP contribution in [0, 0.1) is 0 Å². The minimum Gasteiger partial charge on any atom is -0.505 e. The third kappa shape index (κ3) is 8.88. The van der Waals surface area contributed by atoms with Crippen LogP contribution in [0.3, 0.4) is 0 Å². The average Bonchev–Trinajstić information content (AvgIpc) is 3.31. The molecule has 0 saturated carbocycles. The number of amides is 2. The second-order valence-corrected chi connectivity index (χ2v) is 15.7. The van der Waals surface area contributed by atoms with Gasteiger partial charge in [-0.2, -0.15) is 10.2 Å². The van der Waals surface area contributed by atoms with Gasteiger partial charge in [0.1, 0.15) is 22.9 Å². The Morgan fingerprint density at radius 1 is 0.516 bits per heavy atom. The van der Waals surface area contributed by atoms with E-state index in [-0.39, 0.29) is 44.5 Å². The monoisotopic (exact) mass is 871 g/mol. The molecule has 2 amide bonds. The molecule has 0 spiro atoms. The number of rotatable bonds is 13. The number of phenols is 2. The number of azo groups is 2. The number of aromatic hydroxyl groups is 2. The normalized spacial score (nSPS) is 11.5. The quantitative estimate of drug-likeness (QED) is 0.0701. The van der Waals surface area contributed by atoms with E-state index in [9.17, 15) is 28.2 Å². The minimum absolute atomic E-state index is 0.0235. The molecule has 318 valence electrons. The maximum atomic E-state index is 13.4. The Kier molecular flexibility index (Phi) is 11.9. The summed E-state index contributed by atoms with van der Waals surface area (Å²) in [6.45, 7) is 0. The number of anilines is 3. The summed E-state index contributed by atoms with van der Waals surface area (Å²) in [5, 5.41) is 47.6. The molecule has 0 heterocycles. The van der Waals surface area contributed by atoms with E-state index in [0.717, 1.165) is 0 Å². The summed E-state index contributed by atoms with van der Waals surface area (Å²) in [5.74, 6) is -1.05. The van der Waals surface area contributed by atoms with Crippen LogP contribution < -0.4 is 24.8 Å². The Morgan fingerprint density at radius 2 is 0.922 bits per heavy atom. The summed E-state index contributed by atoms with van der Waals surface area (Å²) < 4.78 is 40.0. The van der Waals surface area contributed by atoms with Crippen molar-refractivity contribution in [2.75, 3.05) is 29.6 Å². The number of nitrogens with one attached hydrogen (secondary N) is 3. The molecule has 0 aliphatic heterocycles. The first-order valence-electron chi connectivity index (χ1n) is 19.5. The lowest BCUT2D eigenvalue weighted by atomic mass is 10.0. The number of para-hydroxylation sites is 4. The number of nitrogens with zero attached hydrogens (tertiary/aromatic N) is 4.